The second-order valence-corrected chi connectivity index (χ2v) is 8.11. The Bertz CT molecular complexity index is 1190. The average Bonchev–Trinajstić information content (AvgIpc) is 2.95. The number of carbonyl (C=O) groups excluding carboxylic acids is 3. The van der Waals surface area contributed by atoms with Crippen LogP contribution in [0, 0.1) is 0 Å². The van der Waals surface area contributed by atoms with Crippen molar-refractivity contribution in [1.29, 1.82) is 0 Å². The van der Waals surface area contributed by atoms with Crippen LogP contribution in [0.15, 0.2) is 72.8 Å². The normalized spacial score (nSPS) is 10.5. The van der Waals surface area contributed by atoms with Crippen molar-refractivity contribution in [3.8, 4) is 17.2 Å². The van der Waals surface area contributed by atoms with Crippen molar-refractivity contribution >= 4 is 17.9 Å². The van der Waals surface area contributed by atoms with Crippen LogP contribution in [0.25, 0.3) is 0 Å². The quantitative estimate of drug-likeness (QED) is 0.205. The first-order valence-corrected chi connectivity index (χ1v) is 12.7. The van der Waals surface area contributed by atoms with E-state index in [0.717, 1.165) is 0 Å². The Kier molecular flexibility index (Phi) is 11.2. The summed E-state index contributed by atoms with van der Waals surface area (Å²) in [6.07, 6.45) is -1.08. The highest BCUT2D eigenvalue weighted by atomic mass is 16.6. The molecular formula is C30H32O9. The Labute approximate surface area is 227 Å². The minimum absolute atomic E-state index is 0.234. The molecule has 206 valence electrons. The minimum Gasteiger partial charge on any atom is -0.494 e. The molecule has 3 aromatic rings. The monoisotopic (exact) mass is 536 g/mol. The molecule has 0 fully saturated rings. The van der Waals surface area contributed by atoms with Gasteiger partial charge >= 0.3 is 17.9 Å². The molecule has 0 heterocycles. The van der Waals surface area contributed by atoms with E-state index < -0.39 is 24.0 Å². The number of rotatable bonds is 14. The highest BCUT2D eigenvalue weighted by Gasteiger charge is 2.22. The minimum atomic E-state index is -1.08. The van der Waals surface area contributed by atoms with Gasteiger partial charge in [0.05, 0.1) is 36.5 Å². The van der Waals surface area contributed by atoms with Gasteiger partial charge in [-0.15, -0.1) is 0 Å². The summed E-state index contributed by atoms with van der Waals surface area (Å²) in [7, 11) is 0. The number of benzene rings is 3. The van der Waals surface area contributed by atoms with Crippen molar-refractivity contribution in [1.82, 2.24) is 0 Å². The molecule has 9 nitrogen and oxygen atoms in total. The third kappa shape index (κ3) is 9.07. The zero-order valence-electron chi connectivity index (χ0n) is 22.2. The molecule has 0 atom stereocenters. The van der Waals surface area contributed by atoms with Crippen molar-refractivity contribution in [2.45, 2.75) is 26.9 Å². The largest absolute Gasteiger partial charge is 0.494 e. The Morgan fingerprint density at radius 1 is 0.564 bits per heavy atom. The molecule has 0 unspecified atom stereocenters. The van der Waals surface area contributed by atoms with Crippen LogP contribution in [0.5, 0.6) is 17.2 Å². The summed E-state index contributed by atoms with van der Waals surface area (Å²) >= 11 is 0. The fraction of sp³-hybridized carbons (Fsp3) is 0.300. The zero-order valence-corrected chi connectivity index (χ0v) is 22.2. The summed E-state index contributed by atoms with van der Waals surface area (Å²) in [5.41, 5.74) is 0.762. The molecule has 0 N–H and O–H groups in total. The Morgan fingerprint density at radius 2 is 0.923 bits per heavy atom. The van der Waals surface area contributed by atoms with E-state index in [4.69, 9.17) is 28.4 Å². The maximum atomic E-state index is 12.9. The van der Waals surface area contributed by atoms with Gasteiger partial charge in [0.2, 0.25) is 0 Å². The fourth-order valence-corrected chi connectivity index (χ4v) is 3.48. The summed E-state index contributed by atoms with van der Waals surface area (Å²) in [5.74, 6) is -0.437. The summed E-state index contributed by atoms with van der Waals surface area (Å²) in [4.78, 5) is 38.2. The second kappa shape index (κ2) is 15.0. The predicted molar refractivity (Wildman–Crippen MR) is 143 cm³/mol. The SMILES string of the molecule is CCOc1cccc(C(=O)OCC(COC(=O)c2cccc(OCC)c2)OC(=O)c2cccc(OCC)c2)c1. The summed E-state index contributed by atoms with van der Waals surface area (Å²) in [5, 5.41) is 0. The lowest BCUT2D eigenvalue weighted by Gasteiger charge is -2.18. The third-order valence-corrected chi connectivity index (χ3v) is 5.22. The lowest BCUT2D eigenvalue weighted by atomic mass is 10.2. The smallest absolute Gasteiger partial charge is 0.338 e. The summed E-state index contributed by atoms with van der Waals surface area (Å²) in [6.45, 7) is 6.13. The molecule has 0 saturated carbocycles. The van der Waals surface area contributed by atoms with Gasteiger partial charge in [-0.25, -0.2) is 14.4 Å². The van der Waals surface area contributed by atoms with Crippen molar-refractivity contribution in [2.75, 3.05) is 33.0 Å². The first-order valence-electron chi connectivity index (χ1n) is 12.7. The molecule has 0 aliphatic rings. The van der Waals surface area contributed by atoms with Crippen molar-refractivity contribution in [3.05, 3.63) is 89.5 Å². The van der Waals surface area contributed by atoms with Gasteiger partial charge in [-0.3, -0.25) is 0 Å². The third-order valence-electron chi connectivity index (χ3n) is 5.22. The molecule has 0 saturated heterocycles. The standard InChI is InChI=1S/C30H32O9/c1-4-34-24-13-7-10-21(16-24)28(31)37-19-27(39-30(33)23-12-9-15-26(18-23)36-6-3)20-38-29(32)22-11-8-14-25(17-22)35-5-2/h7-18,27H,4-6,19-20H2,1-3H3. The Balaban J connectivity index is 1.71. The highest BCUT2D eigenvalue weighted by molar-refractivity contribution is 5.91. The molecular weight excluding hydrogens is 504 g/mol. The number of ether oxygens (including phenoxy) is 6. The van der Waals surface area contributed by atoms with E-state index in [2.05, 4.69) is 0 Å². The summed E-state index contributed by atoms with van der Waals surface area (Å²) < 4.78 is 32.7. The van der Waals surface area contributed by atoms with E-state index >= 15 is 0 Å². The first kappa shape index (κ1) is 29.0. The zero-order chi connectivity index (χ0) is 28.0. The van der Waals surface area contributed by atoms with Crippen LogP contribution in [0.3, 0.4) is 0 Å². The van der Waals surface area contributed by atoms with Gasteiger partial charge in [-0.1, -0.05) is 18.2 Å². The van der Waals surface area contributed by atoms with Gasteiger partial charge in [-0.05, 0) is 75.4 Å². The molecule has 3 rings (SSSR count). The van der Waals surface area contributed by atoms with Crippen LogP contribution in [0.4, 0.5) is 0 Å². The number of carbonyl (C=O) groups is 3. The van der Waals surface area contributed by atoms with Crippen LogP contribution < -0.4 is 14.2 Å². The van der Waals surface area contributed by atoms with E-state index in [0.29, 0.717) is 37.1 Å². The fourth-order valence-electron chi connectivity index (χ4n) is 3.48. The maximum Gasteiger partial charge on any atom is 0.338 e. The van der Waals surface area contributed by atoms with Crippen LogP contribution in [0.2, 0.25) is 0 Å². The second-order valence-electron chi connectivity index (χ2n) is 8.11. The number of hydrogen-bond acceptors (Lipinski definition) is 9. The molecule has 0 aromatic heterocycles. The molecule has 0 bridgehead atoms. The van der Waals surface area contributed by atoms with E-state index in [1.807, 2.05) is 20.8 Å². The number of hydrogen-bond donors (Lipinski definition) is 0. The van der Waals surface area contributed by atoms with Gasteiger partial charge in [0.25, 0.3) is 0 Å². The van der Waals surface area contributed by atoms with E-state index in [1.165, 1.54) is 0 Å². The lowest BCUT2D eigenvalue weighted by molar-refractivity contribution is -0.0254. The number of esters is 3. The molecule has 9 heteroatoms. The Morgan fingerprint density at radius 3 is 1.28 bits per heavy atom. The van der Waals surface area contributed by atoms with E-state index in [1.54, 1.807) is 72.8 Å². The molecule has 0 spiro atoms. The average molecular weight is 537 g/mol. The highest BCUT2D eigenvalue weighted by Crippen LogP contribution is 2.18. The van der Waals surface area contributed by atoms with Crippen LogP contribution in [-0.2, 0) is 14.2 Å². The van der Waals surface area contributed by atoms with Gasteiger partial charge in [-0.2, -0.15) is 0 Å². The van der Waals surface area contributed by atoms with Gasteiger partial charge in [0, 0.05) is 0 Å². The Hall–Kier alpha value is -4.53. The molecule has 39 heavy (non-hydrogen) atoms. The van der Waals surface area contributed by atoms with Crippen LogP contribution >= 0.6 is 0 Å². The summed E-state index contributed by atoms with van der Waals surface area (Å²) in [6, 6.07) is 19.5. The molecule has 0 radical (unpaired) electrons. The van der Waals surface area contributed by atoms with Crippen LogP contribution in [-0.4, -0.2) is 57.0 Å². The molecule has 0 aliphatic heterocycles. The topological polar surface area (TPSA) is 107 Å². The molecule has 3 aromatic carbocycles. The predicted octanol–water partition coefficient (Wildman–Crippen LogP) is 5.12. The van der Waals surface area contributed by atoms with Crippen LogP contribution in [0.1, 0.15) is 51.8 Å². The lowest BCUT2D eigenvalue weighted by Crippen LogP contribution is -2.31. The van der Waals surface area contributed by atoms with Gasteiger partial charge < -0.3 is 28.4 Å². The van der Waals surface area contributed by atoms with Crippen molar-refractivity contribution in [3.63, 3.8) is 0 Å². The first-order chi connectivity index (χ1) is 18.9. The van der Waals surface area contributed by atoms with Crippen molar-refractivity contribution < 1.29 is 42.8 Å². The van der Waals surface area contributed by atoms with E-state index in [9.17, 15) is 14.4 Å². The molecule has 0 aliphatic carbocycles. The molecule has 0 amide bonds. The maximum absolute atomic E-state index is 12.9. The van der Waals surface area contributed by atoms with E-state index in [-0.39, 0.29) is 29.9 Å². The van der Waals surface area contributed by atoms with Gasteiger partial charge in [0.1, 0.15) is 30.5 Å². The van der Waals surface area contributed by atoms with Gasteiger partial charge in [0.15, 0.2) is 6.10 Å². The van der Waals surface area contributed by atoms with Crippen molar-refractivity contribution in [2.24, 2.45) is 0 Å².